The van der Waals surface area contributed by atoms with Crippen molar-refractivity contribution in [1.82, 2.24) is 0 Å². The molecule has 1 aromatic carbocycles. The molecule has 0 saturated carbocycles. The third kappa shape index (κ3) is 1.28. The van der Waals surface area contributed by atoms with Crippen LogP contribution in [0.2, 0.25) is 0 Å². The predicted molar refractivity (Wildman–Crippen MR) is 40.1 cm³/mol. The van der Waals surface area contributed by atoms with Crippen molar-refractivity contribution in [3.05, 3.63) is 36.1 Å². The zero-order valence-electron chi connectivity index (χ0n) is 6.35. The van der Waals surface area contributed by atoms with Gasteiger partial charge in [-0.2, -0.15) is 13.2 Å². The number of alkyl halides is 3. The summed E-state index contributed by atoms with van der Waals surface area (Å²) in [7, 11) is 0. The molecule has 0 atom stereocenters. The van der Waals surface area contributed by atoms with Crippen LogP contribution in [0.4, 0.5) is 13.2 Å². The van der Waals surface area contributed by atoms with Crippen LogP contribution in [0.1, 0.15) is 5.56 Å². The van der Waals surface area contributed by atoms with Crippen LogP contribution in [0.5, 0.6) is 0 Å². The highest BCUT2D eigenvalue weighted by molar-refractivity contribution is 5.81. The predicted octanol–water partition coefficient (Wildman–Crippen LogP) is 3.25. The Labute approximate surface area is 71.8 Å². The van der Waals surface area contributed by atoms with Crippen LogP contribution >= 0.6 is 0 Å². The van der Waals surface area contributed by atoms with E-state index in [1.54, 1.807) is 0 Å². The standard InChI is InChI=1S/C9H4F3O/c10-9(11,12)7-2-1-3-8-6(7)4-5-13-8/h1,3-5H. The molecule has 13 heavy (non-hydrogen) atoms. The molecule has 0 aliphatic carbocycles. The van der Waals surface area contributed by atoms with E-state index in [-0.39, 0.29) is 11.0 Å². The molecule has 0 spiro atoms. The monoisotopic (exact) mass is 185 g/mol. The van der Waals surface area contributed by atoms with E-state index >= 15 is 0 Å². The number of hydrogen-bond donors (Lipinski definition) is 0. The first kappa shape index (κ1) is 8.16. The fourth-order valence-corrected chi connectivity index (χ4v) is 1.17. The first-order chi connectivity index (χ1) is 6.09. The van der Waals surface area contributed by atoms with Gasteiger partial charge in [0.15, 0.2) is 0 Å². The van der Waals surface area contributed by atoms with Gasteiger partial charge in [-0.1, -0.05) is 6.07 Å². The molecule has 2 rings (SSSR count). The quantitative estimate of drug-likeness (QED) is 0.614. The molecule has 0 N–H and O–H groups in total. The normalized spacial score (nSPS) is 12.2. The smallest absolute Gasteiger partial charge is 0.417 e. The van der Waals surface area contributed by atoms with Gasteiger partial charge in [-0.15, -0.1) is 0 Å². The first-order valence-corrected chi connectivity index (χ1v) is 3.54. The number of rotatable bonds is 0. The summed E-state index contributed by atoms with van der Waals surface area (Å²) in [4.78, 5) is 0. The molecular weight excluding hydrogens is 181 g/mol. The van der Waals surface area contributed by atoms with Gasteiger partial charge in [0.1, 0.15) is 5.58 Å². The van der Waals surface area contributed by atoms with Crippen molar-refractivity contribution in [2.24, 2.45) is 0 Å². The van der Waals surface area contributed by atoms with Crippen molar-refractivity contribution in [1.29, 1.82) is 0 Å². The molecule has 1 radical (unpaired) electrons. The van der Waals surface area contributed by atoms with Gasteiger partial charge in [-0.25, -0.2) is 0 Å². The van der Waals surface area contributed by atoms with Crippen LogP contribution in [-0.4, -0.2) is 0 Å². The lowest BCUT2D eigenvalue weighted by Crippen LogP contribution is -2.04. The highest BCUT2D eigenvalue weighted by Crippen LogP contribution is 2.34. The molecule has 1 nitrogen and oxygen atoms in total. The van der Waals surface area contributed by atoms with Crippen LogP contribution in [0.25, 0.3) is 11.0 Å². The maximum Gasteiger partial charge on any atom is 0.417 e. The lowest BCUT2D eigenvalue weighted by atomic mass is 10.1. The van der Waals surface area contributed by atoms with Gasteiger partial charge < -0.3 is 4.42 Å². The maximum absolute atomic E-state index is 12.3. The summed E-state index contributed by atoms with van der Waals surface area (Å²) >= 11 is 0. The van der Waals surface area contributed by atoms with Crippen LogP contribution in [-0.2, 0) is 6.18 Å². The molecule has 0 aliphatic heterocycles. The largest absolute Gasteiger partial charge is 0.464 e. The first-order valence-electron chi connectivity index (χ1n) is 3.54. The lowest BCUT2D eigenvalue weighted by Gasteiger charge is -2.05. The SMILES string of the molecule is FC(F)(F)c1[c]ccc2occc12. The number of benzene rings is 1. The summed E-state index contributed by atoms with van der Waals surface area (Å²) in [6.45, 7) is 0. The van der Waals surface area contributed by atoms with Gasteiger partial charge in [-0.3, -0.25) is 0 Å². The fraction of sp³-hybridized carbons (Fsp3) is 0.111. The van der Waals surface area contributed by atoms with Crippen molar-refractivity contribution in [3.63, 3.8) is 0 Å². The van der Waals surface area contributed by atoms with Gasteiger partial charge in [0.2, 0.25) is 0 Å². The number of furan rings is 1. The lowest BCUT2D eigenvalue weighted by molar-refractivity contribution is -0.136. The second-order valence-corrected chi connectivity index (χ2v) is 2.55. The Morgan fingerprint density at radius 1 is 1.23 bits per heavy atom. The maximum atomic E-state index is 12.3. The summed E-state index contributed by atoms with van der Waals surface area (Å²) in [5.41, 5.74) is -0.551. The molecule has 67 valence electrons. The molecule has 0 unspecified atom stereocenters. The molecule has 0 amide bonds. The Balaban J connectivity index is 2.75. The number of fused-ring (bicyclic) bond motifs is 1. The third-order valence-corrected chi connectivity index (χ3v) is 1.71. The zero-order valence-corrected chi connectivity index (χ0v) is 6.35. The second-order valence-electron chi connectivity index (χ2n) is 2.55. The molecule has 0 fully saturated rings. The minimum absolute atomic E-state index is 0.0509. The van der Waals surface area contributed by atoms with Gasteiger partial charge in [0.25, 0.3) is 0 Å². The van der Waals surface area contributed by atoms with Crippen molar-refractivity contribution in [2.75, 3.05) is 0 Å². The van der Waals surface area contributed by atoms with Gasteiger partial charge >= 0.3 is 6.18 Å². The van der Waals surface area contributed by atoms with E-state index in [0.717, 1.165) is 0 Å². The summed E-state index contributed by atoms with van der Waals surface area (Å²) < 4.78 is 41.8. The minimum Gasteiger partial charge on any atom is -0.464 e. The Morgan fingerprint density at radius 2 is 2.00 bits per heavy atom. The number of hydrogen-bond acceptors (Lipinski definition) is 1. The Bertz CT molecular complexity index is 428. The molecule has 4 heteroatoms. The minimum atomic E-state index is -4.37. The Morgan fingerprint density at radius 3 is 2.69 bits per heavy atom. The van der Waals surface area contributed by atoms with Crippen LogP contribution < -0.4 is 0 Å². The van der Waals surface area contributed by atoms with E-state index < -0.39 is 11.7 Å². The highest BCUT2D eigenvalue weighted by atomic mass is 19.4. The van der Waals surface area contributed by atoms with Gasteiger partial charge in [0.05, 0.1) is 11.8 Å². The van der Waals surface area contributed by atoms with Crippen molar-refractivity contribution in [3.8, 4) is 0 Å². The van der Waals surface area contributed by atoms with Crippen LogP contribution in [0, 0.1) is 6.07 Å². The van der Waals surface area contributed by atoms with E-state index in [9.17, 15) is 13.2 Å². The van der Waals surface area contributed by atoms with Crippen molar-refractivity contribution in [2.45, 2.75) is 6.18 Å². The molecule has 0 saturated heterocycles. The molecule has 1 aromatic heterocycles. The average molecular weight is 185 g/mol. The molecule has 0 aliphatic rings. The molecule has 1 heterocycles. The fourth-order valence-electron chi connectivity index (χ4n) is 1.17. The average Bonchev–Trinajstić information content (AvgIpc) is 2.48. The molecule has 0 bridgehead atoms. The Hall–Kier alpha value is -1.45. The molecule has 2 aromatic rings. The van der Waals surface area contributed by atoms with Gasteiger partial charge in [-0.05, 0) is 18.2 Å². The van der Waals surface area contributed by atoms with E-state index in [0.29, 0.717) is 0 Å². The summed E-state index contributed by atoms with van der Waals surface area (Å²) in [5.74, 6) is 0. The van der Waals surface area contributed by atoms with Crippen molar-refractivity contribution < 1.29 is 17.6 Å². The summed E-state index contributed by atoms with van der Waals surface area (Å²) in [6.07, 6.45) is -3.14. The van der Waals surface area contributed by atoms with Crippen LogP contribution in [0.15, 0.2) is 28.9 Å². The van der Waals surface area contributed by atoms with E-state index in [4.69, 9.17) is 4.42 Å². The van der Waals surface area contributed by atoms with Gasteiger partial charge in [0, 0.05) is 5.39 Å². The Kier molecular flexibility index (Phi) is 1.58. The highest BCUT2D eigenvalue weighted by Gasteiger charge is 2.33. The summed E-state index contributed by atoms with van der Waals surface area (Å²) in [6, 6.07) is 6.09. The van der Waals surface area contributed by atoms with E-state index in [2.05, 4.69) is 6.07 Å². The second kappa shape index (κ2) is 2.52. The van der Waals surface area contributed by atoms with E-state index in [1.165, 1.54) is 24.5 Å². The summed E-state index contributed by atoms with van der Waals surface area (Å²) in [5, 5.41) is 0.0509. The van der Waals surface area contributed by atoms with Crippen LogP contribution in [0.3, 0.4) is 0 Å². The van der Waals surface area contributed by atoms with Crippen molar-refractivity contribution >= 4 is 11.0 Å². The number of halogens is 3. The van der Waals surface area contributed by atoms with E-state index in [1.807, 2.05) is 0 Å². The third-order valence-electron chi connectivity index (χ3n) is 1.71. The topological polar surface area (TPSA) is 13.1 Å². The zero-order chi connectivity index (χ0) is 9.47. The molecular formula is C9H4F3O.